The average molecular weight is 371 g/mol. The number of benzene rings is 1. The monoisotopic (exact) mass is 371 g/mol. The van der Waals surface area contributed by atoms with E-state index in [1.807, 2.05) is 24.3 Å². The lowest BCUT2D eigenvalue weighted by Crippen LogP contribution is -2.47. The molecule has 2 aliphatic heterocycles. The molecule has 0 radical (unpaired) electrons. The first-order valence-electron chi connectivity index (χ1n) is 9.86. The number of nitrogens with one attached hydrogen (secondary N) is 1. The van der Waals surface area contributed by atoms with E-state index in [-0.39, 0.29) is 18.4 Å². The van der Waals surface area contributed by atoms with Crippen molar-refractivity contribution in [3.8, 4) is 0 Å². The Morgan fingerprint density at radius 2 is 1.96 bits per heavy atom. The van der Waals surface area contributed by atoms with E-state index in [4.69, 9.17) is 0 Å². The van der Waals surface area contributed by atoms with Crippen molar-refractivity contribution in [1.29, 1.82) is 0 Å². The number of rotatable bonds is 5. The molecule has 27 heavy (non-hydrogen) atoms. The van der Waals surface area contributed by atoms with Gasteiger partial charge in [-0.05, 0) is 43.2 Å². The summed E-state index contributed by atoms with van der Waals surface area (Å²) >= 11 is 0. The van der Waals surface area contributed by atoms with Crippen LogP contribution < -0.4 is 5.32 Å². The summed E-state index contributed by atoms with van der Waals surface area (Å²) in [6.45, 7) is 7.14. The molecule has 146 valence electrons. The third kappa shape index (κ3) is 3.84. The molecular formula is C21H29N3O3. The summed E-state index contributed by atoms with van der Waals surface area (Å²) in [6, 6.07) is 7.26. The number of likely N-dealkylation sites (tertiary alicyclic amines) is 1. The Morgan fingerprint density at radius 3 is 2.59 bits per heavy atom. The molecule has 1 N–H and O–H groups in total. The van der Waals surface area contributed by atoms with Crippen LogP contribution in [0.15, 0.2) is 24.3 Å². The highest BCUT2D eigenvalue weighted by molar-refractivity contribution is 6.09. The fourth-order valence-corrected chi connectivity index (χ4v) is 3.98. The zero-order chi connectivity index (χ0) is 19.6. The molecule has 6 nitrogen and oxygen atoms in total. The van der Waals surface area contributed by atoms with E-state index in [0.29, 0.717) is 19.0 Å². The maximum Gasteiger partial charge on any atom is 0.325 e. The molecule has 1 aromatic rings. The zero-order valence-corrected chi connectivity index (χ0v) is 16.5. The molecule has 2 unspecified atom stereocenters. The summed E-state index contributed by atoms with van der Waals surface area (Å²) < 4.78 is 0. The number of hydrogen-bond donors (Lipinski definition) is 1. The van der Waals surface area contributed by atoms with Crippen molar-refractivity contribution in [2.45, 2.75) is 52.0 Å². The van der Waals surface area contributed by atoms with Crippen LogP contribution in [0.1, 0.15) is 51.2 Å². The van der Waals surface area contributed by atoms with Crippen molar-refractivity contribution >= 4 is 17.8 Å². The molecule has 0 spiro atoms. The third-order valence-corrected chi connectivity index (χ3v) is 5.65. The number of carbonyl (C=O) groups excluding carboxylic acids is 3. The van der Waals surface area contributed by atoms with Gasteiger partial charge in [0.1, 0.15) is 12.1 Å². The van der Waals surface area contributed by atoms with Gasteiger partial charge in [0.2, 0.25) is 5.91 Å². The molecule has 2 atom stereocenters. The van der Waals surface area contributed by atoms with Crippen molar-refractivity contribution in [1.82, 2.24) is 15.1 Å². The van der Waals surface area contributed by atoms with Crippen LogP contribution in [0.25, 0.3) is 0 Å². The van der Waals surface area contributed by atoms with Gasteiger partial charge in [0.15, 0.2) is 0 Å². The molecular weight excluding hydrogens is 342 g/mol. The van der Waals surface area contributed by atoms with Crippen LogP contribution in [0.4, 0.5) is 4.79 Å². The first kappa shape index (κ1) is 19.4. The third-order valence-electron chi connectivity index (χ3n) is 5.65. The fraction of sp³-hybridized carbons (Fsp3) is 0.571. The number of urea groups is 1. The van der Waals surface area contributed by atoms with Crippen LogP contribution >= 0.6 is 0 Å². The molecule has 2 saturated heterocycles. The summed E-state index contributed by atoms with van der Waals surface area (Å²) in [5, 5.41) is 2.78. The van der Waals surface area contributed by atoms with Crippen LogP contribution in [0.3, 0.4) is 0 Å². The quantitative estimate of drug-likeness (QED) is 0.809. The number of nitrogens with zero attached hydrogens (tertiary/aromatic N) is 2. The van der Waals surface area contributed by atoms with Crippen molar-refractivity contribution < 1.29 is 14.4 Å². The molecule has 1 aromatic carbocycles. The molecule has 0 saturated carbocycles. The summed E-state index contributed by atoms with van der Waals surface area (Å²) in [4.78, 5) is 40.9. The molecule has 0 aliphatic carbocycles. The minimum Gasteiger partial charge on any atom is -0.341 e. The van der Waals surface area contributed by atoms with Gasteiger partial charge >= 0.3 is 6.03 Å². The summed E-state index contributed by atoms with van der Waals surface area (Å²) in [7, 11) is 0. The SMILES string of the molecule is CCCc1ccc(C2(C)NC(=O)N(CC(=O)N3CCCC(C)C3)C2=O)cc1. The second-order valence-electron chi connectivity index (χ2n) is 7.98. The highest BCUT2D eigenvalue weighted by Gasteiger charge is 2.49. The minimum atomic E-state index is -1.13. The molecule has 0 aromatic heterocycles. The standard InChI is InChI=1S/C21H29N3O3/c1-4-6-16-8-10-17(11-9-16)21(3)19(26)24(20(27)22-21)14-18(25)23-12-5-7-15(2)13-23/h8-11,15H,4-7,12-14H2,1-3H3,(H,22,27). The van der Waals surface area contributed by atoms with E-state index < -0.39 is 11.6 Å². The van der Waals surface area contributed by atoms with Gasteiger partial charge in [0.25, 0.3) is 5.91 Å². The van der Waals surface area contributed by atoms with Gasteiger partial charge < -0.3 is 10.2 Å². The lowest BCUT2D eigenvalue weighted by molar-refractivity contribution is -0.139. The number of piperidine rings is 1. The fourth-order valence-electron chi connectivity index (χ4n) is 3.98. The van der Waals surface area contributed by atoms with E-state index in [1.165, 1.54) is 5.56 Å². The van der Waals surface area contributed by atoms with Crippen molar-refractivity contribution in [2.24, 2.45) is 5.92 Å². The molecule has 4 amide bonds. The maximum atomic E-state index is 13.0. The van der Waals surface area contributed by atoms with Crippen molar-refractivity contribution in [3.05, 3.63) is 35.4 Å². The number of amides is 4. The number of imide groups is 1. The van der Waals surface area contributed by atoms with Gasteiger partial charge in [-0.25, -0.2) is 4.79 Å². The van der Waals surface area contributed by atoms with Gasteiger partial charge in [-0.3, -0.25) is 14.5 Å². The largest absolute Gasteiger partial charge is 0.341 e. The number of aryl methyl sites for hydroxylation is 1. The maximum absolute atomic E-state index is 13.0. The van der Waals surface area contributed by atoms with Gasteiger partial charge in [0, 0.05) is 13.1 Å². The van der Waals surface area contributed by atoms with Gasteiger partial charge in [0.05, 0.1) is 0 Å². The Balaban J connectivity index is 1.72. The minimum absolute atomic E-state index is 0.160. The average Bonchev–Trinajstić information content (AvgIpc) is 2.86. The van der Waals surface area contributed by atoms with Crippen LogP contribution in [-0.4, -0.2) is 47.3 Å². The van der Waals surface area contributed by atoms with Gasteiger partial charge in [-0.2, -0.15) is 0 Å². The first-order chi connectivity index (χ1) is 12.8. The van der Waals surface area contributed by atoms with Gasteiger partial charge in [-0.15, -0.1) is 0 Å². The highest BCUT2D eigenvalue weighted by atomic mass is 16.2. The van der Waals surface area contributed by atoms with E-state index >= 15 is 0 Å². The van der Waals surface area contributed by atoms with E-state index in [2.05, 4.69) is 19.2 Å². The topological polar surface area (TPSA) is 69.7 Å². The Kier molecular flexibility index (Phi) is 5.53. The second kappa shape index (κ2) is 7.71. The first-order valence-corrected chi connectivity index (χ1v) is 9.86. The summed E-state index contributed by atoms with van der Waals surface area (Å²) in [5.41, 5.74) is 0.812. The second-order valence-corrected chi connectivity index (χ2v) is 7.98. The van der Waals surface area contributed by atoms with Crippen molar-refractivity contribution in [3.63, 3.8) is 0 Å². The molecule has 6 heteroatoms. The van der Waals surface area contributed by atoms with Crippen LogP contribution in [-0.2, 0) is 21.5 Å². The molecule has 2 aliphatic rings. The van der Waals surface area contributed by atoms with Crippen LogP contribution in [0.2, 0.25) is 0 Å². The summed E-state index contributed by atoms with van der Waals surface area (Å²) in [5.74, 6) is -0.0700. The van der Waals surface area contributed by atoms with E-state index in [1.54, 1.807) is 11.8 Å². The van der Waals surface area contributed by atoms with E-state index in [9.17, 15) is 14.4 Å². The lowest BCUT2D eigenvalue weighted by Gasteiger charge is -2.31. The highest BCUT2D eigenvalue weighted by Crippen LogP contribution is 2.29. The van der Waals surface area contributed by atoms with Gasteiger partial charge in [-0.1, -0.05) is 44.5 Å². The van der Waals surface area contributed by atoms with Crippen LogP contribution in [0.5, 0.6) is 0 Å². The smallest absolute Gasteiger partial charge is 0.325 e. The van der Waals surface area contributed by atoms with E-state index in [0.717, 1.165) is 36.1 Å². The summed E-state index contributed by atoms with van der Waals surface area (Å²) in [6.07, 6.45) is 4.11. The Labute approximate surface area is 160 Å². The van der Waals surface area contributed by atoms with Crippen molar-refractivity contribution in [2.75, 3.05) is 19.6 Å². The lowest BCUT2D eigenvalue weighted by atomic mass is 9.91. The Bertz CT molecular complexity index is 731. The molecule has 0 bridgehead atoms. The molecule has 3 rings (SSSR count). The predicted octanol–water partition coefficient (Wildman–Crippen LogP) is 2.66. The Morgan fingerprint density at radius 1 is 1.26 bits per heavy atom. The zero-order valence-electron chi connectivity index (χ0n) is 16.5. The normalized spacial score (nSPS) is 25.7. The number of carbonyl (C=O) groups is 3. The number of hydrogen-bond acceptors (Lipinski definition) is 3. The van der Waals surface area contributed by atoms with Crippen LogP contribution in [0, 0.1) is 5.92 Å². The molecule has 2 heterocycles. The Hall–Kier alpha value is -2.37. The molecule has 2 fully saturated rings. The predicted molar refractivity (Wildman–Crippen MR) is 103 cm³/mol.